The average molecular weight is 275 g/mol. The minimum absolute atomic E-state index is 0.00560. The molecule has 0 fully saturated rings. The molecular weight excluding hydrogens is 258 g/mol. The maximum atomic E-state index is 12.1. The summed E-state index contributed by atoms with van der Waals surface area (Å²) in [6, 6.07) is 6.82. The lowest BCUT2D eigenvalue weighted by Gasteiger charge is -2.12. The molecule has 0 aliphatic heterocycles. The van der Waals surface area contributed by atoms with Crippen molar-refractivity contribution in [3.63, 3.8) is 0 Å². The number of rotatable bonds is 4. The van der Waals surface area contributed by atoms with Gasteiger partial charge in [0.25, 0.3) is 5.91 Å². The first-order chi connectivity index (χ1) is 9.51. The van der Waals surface area contributed by atoms with Crippen LogP contribution in [0.5, 0.6) is 0 Å². The standard InChI is InChI=1S/C15H17NO4/c1-9-4-5-13-11(6-9)7-12(15(18)20-13)14(17)16-10(2)8-19-3/h4-7,10H,8H2,1-3H3,(H,16,17). The number of fused-ring (bicyclic) bond motifs is 1. The van der Waals surface area contributed by atoms with E-state index in [2.05, 4.69) is 5.32 Å². The predicted molar refractivity (Wildman–Crippen MR) is 76.0 cm³/mol. The van der Waals surface area contributed by atoms with Crippen LogP contribution in [-0.4, -0.2) is 25.7 Å². The van der Waals surface area contributed by atoms with Gasteiger partial charge in [-0.2, -0.15) is 0 Å². The van der Waals surface area contributed by atoms with Crippen LogP contribution in [0.2, 0.25) is 0 Å². The molecule has 0 aliphatic rings. The van der Waals surface area contributed by atoms with E-state index >= 15 is 0 Å². The molecular formula is C15H17NO4. The number of carbonyl (C=O) groups excluding carboxylic acids is 1. The summed E-state index contributed by atoms with van der Waals surface area (Å²) >= 11 is 0. The quantitative estimate of drug-likeness (QED) is 0.865. The van der Waals surface area contributed by atoms with Gasteiger partial charge in [0, 0.05) is 18.5 Å². The molecule has 106 valence electrons. The Morgan fingerprint density at radius 3 is 2.85 bits per heavy atom. The molecule has 1 aromatic carbocycles. The van der Waals surface area contributed by atoms with Gasteiger partial charge in [-0.05, 0) is 32.0 Å². The van der Waals surface area contributed by atoms with Gasteiger partial charge in [0.05, 0.1) is 6.61 Å². The molecule has 0 bridgehead atoms. The van der Waals surface area contributed by atoms with E-state index in [4.69, 9.17) is 9.15 Å². The van der Waals surface area contributed by atoms with Gasteiger partial charge in [0.2, 0.25) is 0 Å². The second-order valence-electron chi connectivity index (χ2n) is 4.82. The number of amides is 1. The van der Waals surface area contributed by atoms with Crippen molar-refractivity contribution in [2.45, 2.75) is 19.9 Å². The van der Waals surface area contributed by atoms with Crippen LogP contribution in [0, 0.1) is 6.92 Å². The van der Waals surface area contributed by atoms with Crippen LogP contribution in [0.4, 0.5) is 0 Å². The maximum absolute atomic E-state index is 12.1. The van der Waals surface area contributed by atoms with Crippen LogP contribution in [-0.2, 0) is 4.74 Å². The lowest BCUT2D eigenvalue weighted by Crippen LogP contribution is -2.37. The summed E-state index contributed by atoms with van der Waals surface area (Å²) in [5.74, 6) is -0.452. The van der Waals surface area contributed by atoms with Crippen molar-refractivity contribution in [3.8, 4) is 0 Å². The van der Waals surface area contributed by atoms with Crippen molar-refractivity contribution >= 4 is 16.9 Å². The lowest BCUT2D eigenvalue weighted by molar-refractivity contribution is 0.0902. The number of hydrogen-bond donors (Lipinski definition) is 1. The highest BCUT2D eigenvalue weighted by Crippen LogP contribution is 2.15. The number of carbonyl (C=O) groups is 1. The van der Waals surface area contributed by atoms with Crippen LogP contribution in [0.1, 0.15) is 22.8 Å². The Hall–Kier alpha value is -2.14. The van der Waals surface area contributed by atoms with Gasteiger partial charge in [-0.1, -0.05) is 11.6 Å². The van der Waals surface area contributed by atoms with Crippen LogP contribution in [0.25, 0.3) is 11.0 Å². The van der Waals surface area contributed by atoms with Crippen LogP contribution in [0.15, 0.2) is 33.5 Å². The monoisotopic (exact) mass is 275 g/mol. The lowest BCUT2D eigenvalue weighted by atomic mass is 10.1. The zero-order chi connectivity index (χ0) is 14.7. The van der Waals surface area contributed by atoms with Crippen LogP contribution < -0.4 is 10.9 Å². The fourth-order valence-corrected chi connectivity index (χ4v) is 1.99. The molecule has 20 heavy (non-hydrogen) atoms. The van der Waals surface area contributed by atoms with Crippen molar-refractivity contribution in [2.75, 3.05) is 13.7 Å². The Labute approximate surface area is 116 Å². The fourth-order valence-electron chi connectivity index (χ4n) is 1.99. The van der Waals surface area contributed by atoms with Crippen molar-refractivity contribution in [1.82, 2.24) is 5.32 Å². The van der Waals surface area contributed by atoms with E-state index in [1.54, 1.807) is 26.2 Å². The molecule has 2 rings (SSSR count). The van der Waals surface area contributed by atoms with Crippen molar-refractivity contribution in [1.29, 1.82) is 0 Å². The number of nitrogens with one attached hydrogen (secondary N) is 1. The van der Waals surface area contributed by atoms with Gasteiger partial charge in [0.15, 0.2) is 0 Å². The largest absolute Gasteiger partial charge is 0.422 e. The molecule has 1 aromatic heterocycles. The zero-order valence-corrected chi connectivity index (χ0v) is 11.7. The number of methoxy groups -OCH3 is 1. The molecule has 1 unspecified atom stereocenters. The zero-order valence-electron chi connectivity index (χ0n) is 11.7. The summed E-state index contributed by atoms with van der Waals surface area (Å²) in [4.78, 5) is 23.9. The van der Waals surface area contributed by atoms with Crippen LogP contribution in [0.3, 0.4) is 0 Å². The average Bonchev–Trinajstić information content (AvgIpc) is 2.38. The molecule has 2 aromatic rings. The van der Waals surface area contributed by atoms with Gasteiger partial charge in [0.1, 0.15) is 11.1 Å². The summed E-state index contributed by atoms with van der Waals surface area (Å²) < 4.78 is 10.1. The molecule has 0 radical (unpaired) electrons. The Kier molecular flexibility index (Phi) is 4.20. The highest BCUT2D eigenvalue weighted by Gasteiger charge is 2.15. The molecule has 0 aliphatic carbocycles. The fraction of sp³-hybridized carbons (Fsp3) is 0.333. The first-order valence-electron chi connectivity index (χ1n) is 6.35. The van der Waals surface area contributed by atoms with Crippen molar-refractivity contribution < 1.29 is 13.9 Å². The van der Waals surface area contributed by atoms with Gasteiger partial charge < -0.3 is 14.5 Å². The smallest absolute Gasteiger partial charge is 0.349 e. The Morgan fingerprint density at radius 1 is 1.40 bits per heavy atom. The van der Waals surface area contributed by atoms with E-state index < -0.39 is 11.5 Å². The third-order valence-electron chi connectivity index (χ3n) is 2.93. The van der Waals surface area contributed by atoms with E-state index in [9.17, 15) is 9.59 Å². The van der Waals surface area contributed by atoms with E-state index in [0.717, 1.165) is 10.9 Å². The van der Waals surface area contributed by atoms with Gasteiger partial charge >= 0.3 is 5.63 Å². The van der Waals surface area contributed by atoms with E-state index in [1.807, 2.05) is 19.1 Å². The molecule has 5 nitrogen and oxygen atoms in total. The summed E-state index contributed by atoms with van der Waals surface area (Å²) in [5, 5.41) is 3.42. The first kappa shape index (κ1) is 14.3. The highest BCUT2D eigenvalue weighted by atomic mass is 16.5. The second-order valence-corrected chi connectivity index (χ2v) is 4.82. The Bertz CT molecular complexity index is 690. The third-order valence-corrected chi connectivity index (χ3v) is 2.93. The summed E-state index contributed by atoms with van der Waals surface area (Å²) in [6.07, 6.45) is 0. The third kappa shape index (κ3) is 3.05. The highest BCUT2D eigenvalue weighted by molar-refractivity contribution is 5.96. The number of hydrogen-bond acceptors (Lipinski definition) is 4. The summed E-state index contributed by atoms with van der Waals surface area (Å²) in [5.41, 5.74) is 0.877. The van der Waals surface area contributed by atoms with Gasteiger partial charge in [-0.3, -0.25) is 4.79 Å². The minimum atomic E-state index is -0.636. The maximum Gasteiger partial charge on any atom is 0.349 e. The van der Waals surface area contributed by atoms with Crippen molar-refractivity contribution in [2.24, 2.45) is 0 Å². The normalized spacial score (nSPS) is 12.3. The number of ether oxygens (including phenoxy) is 1. The van der Waals surface area contributed by atoms with E-state index in [-0.39, 0.29) is 11.6 Å². The number of aryl methyl sites for hydroxylation is 1. The predicted octanol–water partition coefficient (Wildman–Crippen LogP) is 1.87. The van der Waals surface area contributed by atoms with Gasteiger partial charge in [-0.25, -0.2) is 4.79 Å². The Morgan fingerprint density at radius 2 is 2.15 bits per heavy atom. The van der Waals surface area contributed by atoms with Crippen molar-refractivity contribution in [3.05, 3.63) is 45.8 Å². The second kappa shape index (κ2) is 5.88. The number of benzene rings is 1. The topological polar surface area (TPSA) is 68.5 Å². The molecule has 0 saturated carbocycles. The van der Waals surface area contributed by atoms with Gasteiger partial charge in [-0.15, -0.1) is 0 Å². The molecule has 5 heteroatoms. The first-order valence-corrected chi connectivity index (χ1v) is 6.35. The minimum Gasteiger partial charge on any atom is -0.422 e. The Balaban J connectivity index is 2.36. The van der Waals surface area contributed by atoms with E-state index in [1.165, 1.54) is 0 Å². The summed E-state index contributed by atoms with van der Waals surface area (Å²) in [6.45, 7) is 4.11. The molecule has 1 N–H and O–H groups in total. The molecule has 1 amide bonds. The SMILES string of the molecule is COCC(C)NC(=O)c1cc2cc(C)ccc2oc1=O. The summed E-state index contributed by atoms with van der Waals surface area (Å²) in [7, 11) is 1.55. The molecule has 0 spiro atoms. The molecule has 1 heterocycles. The molecule has 1 atom stereocenters. The van der Waals surface area contributed by atoms with E-state index in [0.29, 0.717) is 12.2 Å². The van der Waals surface area contributed by atoms with Crippen LogP contribution >= 0.6 is 0 Å². The molecule has 0 saturated heterocycles.